The van der Waals surface area contributed by atoms with Gasteiger partial charge in [-0.05, 0) is 63.3 Å². The first-order valence-electron chi connectivity index (χ1n) is 9.03. The number of carbonyl (C=O) groups excluding carboxylic acids is 1. The maximum Gasteiger partial charge on any atom is 0.241 e. The quantitative estimate of drug-likeness (QED) is 0.717. The zero-order chi connectivity index (χ0) is 18.5. The zero-order valence-corrected chi connectivity index (χ0v) is 16.2. The molecule has 0 spiro atoms. The normalized spacial score (nSPS) is 16.8. The van der Waals surface area contributed by atoms with Crippen molar-refractivity contribution in [2.24, 2.45) is 0 Å². The van der Waals surface area contributed by atoms with Crippen molar-refractivity contribution in [3.05, 3.63) is 29.3 Å². The van der Waals surface area contributed by atoms with Gasteiger partial charge in [-0.3, -0.25) is 4.79 Å². The van der Waals surface area contributed by atoms with E-state index in [1.165, 1.54) is 0 Å². The van der Waals surface area contributed by atoms with Crippen LogP contribution in [-0.2, 0) is 19.4 Å². The summed E-state index contributed by atoms with van der Waals surface area (Å²) in [6, 6.07) is 5.12. The Morgan fingerprint density at radius 2 is 1.88 bits per heavy atom. The molecule has 1 saturated carbocycles. The van der Waals surface area contributed by atoms with E-state index in [9.17, 15) is 13.2 Å². The van der Waals surface area contributed by atoms with Crippen LogP contribution in [0.5, 0.6) is 0 Å². The van der Waals surface area contributed by atoms with Gasteiger partial charge in [0.15, 0.2) is 14.6 Å². The number of ether oxygens (including phenoxy) is 1. The molecule has 6 heteroatoms. The molecule has 0 aliphatic heterocycles. The van der Waals surface area contributed by atoms with E-state index in [0.717, 1.165) is 24.0 Å². The van der Waals surface area contributed by atoms with E-state index >= 15 is 0 Å². The van der Waals surface area contributed by atoms with Crippen LogP contribution in [0.3, 0.4) is 0 Å². The molecule has 2 rings (SSSR count). The number of rotatable bonds is 8. The lowest BCUT2D eigenvalue weighted by molar-refractivity contribution is -0.123. The maximum atomic E-state index is 13.3. The number of carbonyl (C=O) groups is 1. The standard InChI is InChI=1S/C19H29NO4S/c1-4-24-13-7-12-20-18(21)19(10-5-6-11-19)25(22,23)17-9-8-15(2)16(3)14-17/h8-9,14H,4-7,10-13H2,1-3H3,(H,20,21). The molecule has 0 atom stereocenters. The van der Waals surface area contributed by atoms with Crippen molar-refractivity contribution in [3.8, 4) is 0 Å². The number of aryl methyl sites for hydroxylation is 2. The highest BCUT2D eigenvalue weighted by molar-refractivity contribution is 7.93. The topological polar surface area (TPSA) is 72.5 Å². The molecule has 140 valence electrons. The van der Waals surface area contributed by atoms with Crippen molar-refractivity contribution in [1.29, 1.82) is 0 Å². The van der Waals surface area contributed by atoms with E-state index in [1.807, 2.05) is 26.8 Å². The Bertz CT molecular complexity index is 706. The predicted octanol–water partition coefficient (Wildman–Crippen LogP) is 2.93. The Labute approximate surface area is 151 Å². The molecule has 0 heterocycles. The lowest BCUT2D eigenvalue weighted by Gasteiger charge is -2.28. The van der Waals surface area contributed by atoms with Crippen LogP contribution < -0.4 is 5.32 Å². The summed E-state index contributed by atoms with van der Waals surface area (Å²) in [5, 5.41) is 2.83. The summed E-state index contributed by atoms with van der Waals surface area (Å²) in [4.78, 5) is 13.1. The number of nitrogens with one attached hydrogen (secondary N) is 1. The third-order valence-electron chi connectivity index (χ3n) is 5.08. The fourth-order valence-electron chi connectivity index (χ4n) is 3.35. The van der Waals surface area contributed by atoms with Gasteiger partial charge < -0.3 is 10.1 Å². The highest BCUT2D eigenvalue weighted by atomic mass is 32.2. The third kappa shape index (κ3) is 4.06. The number of benzene rings is 1. The van der Waals surface area contributed by atoms with Crippen molar-refractivity contribution < 1.29 is 17.9 Å². The van der Waals surface area contributed by atoms with Crippen molar-refractivity contribution in [1.82, 2.24) is 5.32 Å². The van der Waals surface area contributed by atoms with Crippen LogP contribution in [0.2, 0.25) is 0 Å². The van der Waals surface area contributed by atoms with Crippen LogP contribution in [-0.4, -0.2) is 38.8 Å². The molecule has 0 saturated heterocycles. The van der Waals surface area contributed by atoms with E-state index in [4.69, 9.17) is 4.74 Å². The van der Waals surface area contributed by atoms with Gasteiger partial charge in [0.05, 0.1) is 4.90 Å². The molecular weight excluding hydrogens is 338 g/mol. The number of hydrogen-bond acceptors (Lipinski definition) is 4. The molecule has 0 bridgehead atoms. The van der Waals surface area contributed by atoms with Gasteiger partial charge in [-0.2, -0.15) is 0 Å². The molecule has 1 aromatic rings. The highest BCUT2D eigenvalue weighted by Crippen LogP contribution is 2.41. The molecule has 1 aromatic carbocycles. The summed E-state index contributed by atoms with van der Waals surface area (Å²) >= 11 is 0. The maximum absolute atomic E-state index is 13.3. The monoisotopic (exact) mass is 367 g/mol. The van der Waals surface area contributed by atoms with Crippen molar-refractivity contribution in [2.45, 2.75) is 62.5 Å². The summed E-state index contributed by atoms with van der Waals surface area (Å²) in [7, 11) is -3.73. The number of hydrogen-bond donors (Lipinski definition) is 1. The van der Waals surface area contributed by atoms with Crippen LogP contribution in [0.25, 0.3) is 0 Å². The largest absolute Gasteiger partial charge is 0.382 e. The molecule has 0 aromatic heterocycles. The zero-order valence-electron chi connectivity index (χ0n) is 15.4. The molecule has 1 amide bonds. The van der Waals surface area contributed by atoms with Gasteiger partial charge in [-0.25, -0.2) is 8.42 Å². The van der Waals surface area contributed by atoms with E-state index in [1.54, 1.807) is 12.1 Å². The Kier molecular flexibility index (Phi) is 6.63. The van der Waals surface area contributed by atoms with Crippen molar-refractivity contribution >= 4 is 15.7 Å². The predicted molar refractivity (Wildman–Crippen MR) is 98.4 cm³/mol. The molecule has 1 aliphatic carbocycles. The minimum atomic E-state index is -3.73. The summed E-state index contributed by atoms with van der Waals surface area (Å²) in [6.07, 6.45) is 2.98. The summed E-state index contributed by atoms with van der Waals surface area (Å²) in [5.74, 6) is -0.361. The molecule has 1 N–H and O–H groups in total. The van der Waals surface area contributed by atoms with Crippen molar-refractivity contribution in [2.75, 3.05) is 19.8 Å². The fourth-order valence-corrected chi connectivity index (χ4v) is 5.52. The smallest absolute Gasteiger partial charge is 0.241 e. The second-order valence-corrected chi connectivity index (χ2v) is 9.02. The second kappa shape index (κ2) is 8.32. The summed E-state index contributed by atoms with van der Waals surface area (Å²) in [5.41, 5.74) is 1.96. The van der Waals surface area contributed by atoms with E-state index in [0.29, 0.717) is 39.0 Å². The van der Waals surface area contributed by atoms with Gasteiger partial charge in [0.25, 0.3) is 0 Å². The van der Waals surface area contributed by atoms with Crippen LogP contribution in [0.4, 0.5) is 0 Å². The first-order valence-corrected chi connectivity index (χ1v) is 10.5. The Morgan fingerprint density at radius 3 is 2.48 bits per heavy atom. The Balaban J connectivity index is 2.22. The van der Waals surface area contributed by atoms with Gasteiger partial charge in [0.1, 0.15) is 0 Å². The third-order valence-corrected chi connectivity index (χ3v) is 7.58. The van der Waals surface area contributed by atoms with Gasteiger partial charge in [0, 0.05) is 19.8 Å². The van der Waals surface area contributed by atoms with Crippen LogP contribution >= 0.6 is 0 Å². The molecule has 0 unspecified atom stereocenters. The Morgan fingerprint density at radius 1 is 1.20 bits per heavy atom. The average molecular weight is 368 g/mol. The lowest BCUT2D eigenvalue weighted by atomic mass is 10.1. The molecule has 1 aliphatic rings. The lowest BCUT2D eigenvalue weighted by Crippen LogP contribution is -2.50. The first-order chi connectivity index (χ1) is 11.8. The van der Waals surface area contributed by atoms with Gasteiger partial charge in [-0.15, -0.1) is 0 Å². The molecule has 5 nitrogen and oxygen atoms in total. The second-order valence-electron chi connectivity index (χ2n) is 6.76. The minimum Gasteiger partial charge on any atom is -0.382 e. The van der Waals surface area contributed by atoms with Crippen LogP contribution in [0, 0.1) is 13.8 Å². The molecule has 0 radical (unpaired) electrons. The SMILES string of the molecule is CCOCCCNC(=O)C1(S(=O)(=O)c2ccc(C)c(C)c2)CCCC1. The van der Waals surface area contributed by atoms with Crippen molar-refractivity contribution in [3.63, 3.8) is 0 Å². The highest BCUT2D eigenvalue weighted by Gasteiger charge is 2.52. The number of sulfone groups is 1. The van der Waals surface area contributed by atoms with E-state index in [2.05, 4.69) is 5.32 Å². The average Bonchev–Trinajstić information content (AvgIpc) is 3.08. The van der Waals surface area contributed by atoms with E-state index in [-0.39, 0.29) is 10.8 Å². The Hall–Kier alpha value is -1.40. The minimum absolute atomic E-state index is 0.252. The van der Waals surface area contributed by atoms with Crippen LogP contribution in [0.1, 0.15) is 50.2 Å². The fraction of sp³-hybridized carbons (Fsp3) is 0.632. The van der Waals surface area contributed by atoms with Gasteiger partial charge in [0.2, 0.25) is 5.91 Å². The first kappa shape index (κ1) is 19.9. The van der Waals surface area contributed by atoms with Gasteiger partial charge in [-0.1, -0.05) is 18.9 Å². The van der Waals surface area contributed by atoms with Crippen LogP contribution in [0.15, 0.2) is 23.1 Å². The summed E-state index contributed by atoms with van der Waals surface area (Å²) in [6.45, 7) is 7.39. The molecule has 1 fully saturated rings. The number of amides is 1. The van der Waals surface area contributed by atoms with E-state index < -0.39 is 14.6 Å². The molecular formula is C19H29NO4S. The van der Waals surface area contributed by atoms with Gasteiger partial charge >= 0.3 is 0 Å². The molecule has 25 heavy (non-hydrogen) atoms. The summed E-state index contributed by atoms with van der Waals surface area (Å²) < 4.78 is 30.5.